The van der Waals surface area contributed by atoms with Gasteiger partial charge in [0.15, 0.2) is 5.76 Å². The van der Waals surface area contributed by atoms with E-state index in [2.05, 4.69) is 4.90 Å². The molecule has 0 amide bonds. The van der Waals surface area contributed by atoms with Crippen LogP contribution in [0.25, 0.3) is 6.08 Å². The second-order valence-corrected chi connectivity index (χ2v) is 7.33. The average Bonchev–Trinajstić information content (AvgIpc) is 3.31. The molecule has 1 atom stereocenters. The zero-order valence-electron chi connectivity index (χ0n) is 15.3. The Hall–Kier alpha value is -2.70. The van der Waals surface area contributed by atoms with Gasteiger partial charge in [-0.2, -0.15) is 0 Å². The molecule has 3 aliphatic rings. The number of hydrogen-bond donors (Lipinski definition) is 0. The van der Waals surface area contributed by atoms with Crippen LogP contribution in [0.15, 0.2) is 42.2 Å². The molecular weight excluding hydrogens is 361 g/mol. The Morgan fingerprint density at radius 3 is 3.00 bits per heavy atom. The van der Waals surface area contributed by atoms with Gasteiger partial charge in [-0.25, -0.2) is 4.39 Å². The molecule has 5 nitrogen and oxygen atoms in total. The lowest BCUT2D eigenvalue weighted by Gasteiger charge is -2.31. The standard InChI is InChI=1S/C22H20FNO4/c23-15-4-1-3-14(9-15)10-20-21(25)17-6-7-19-18(22(17)28-20)12-24(13-27-19)11-16-5-2-8-26-16/h1,3-4,6-7,9-10,16H,2,5,8,11-13H2/t16-/m0/s1. The fraction of sp³-hybridized carbons (Fsp3) is 0.318. The van der Waals surface area contributed by atoms with Gasteiger partial charge in [0.1, 0.15) is 24.0 Å². The lowest BCUT2D eigenvalue weighted by atomic mass is 10.0. The van der Waals surface area contributed by atoms with Crippen molar-refractivity contribution in [3.63, 3.8) is 0 Å². The molecule has 0 N–H and O–H groups in total. The quantitative estimate of drug-likeness (QED) is 0.758. The molecule has 0 saturated carbocycles. The van der Waals surface area contributed by atoms with E-state index < -0.39 is 0 Å². The van der Waals surface area contributed by atoms with Crippen molar-refractivity contribution in [2.75, 3.05) is 19.9 Å². The molecule has 0 spiro atoms. The van der Waals surface area contributed by atoms with Crippen LogP contribution in [0.1, 0.15) is 34.3 Å². The number of nitrogens with zero attached hydrogens (tertiary/aromatic N) is 1. The molecule has 0 aromatic heterocycles. The summed E-state index contributed by atoms with van der Waals surface area (Å²) in [6, 6.07) is 9.63. The van der Waals surface area contributed by atoms with Gasteiger partial charge in [-0.3, -0.25) is 9.69 Å². The van der Waals surface area contributed by atoms with Gasteiger partial charge < -0.3 is 14.2 Å². The molecule has 2 aromatic rings. The van der Waals surface area contributed by atoms with Gasteiger partial charge in [-0.05, 0) is 48.7 Å². The van der Waals surface area contributed by atoms with Crippen LogP contribution >= 0.6 is 0 Å². The number of benzene rings is 2. The van der Waals surface area contributed by atoms with E-state index in [4.69, 9.17) is 14.2 Å². The number of Topliss-reactive ketones (excluding diaryl/α,β-unsaturated/α-hetero) is 1. The van der Waals surface area contributed by atoms with E-state index >= 15 is 0 Å². The molecular formula is C22H20FNO4. The van der Waals surface area contributed by atoms with Crippen LogP contribution in [0.2, 0.25) is 0 Å². The second-order valence-electron chi connectivity index (χ2n) is 7.33. The van der Waals surface area contributed by atoms with Gasteiger partial charge in [-0.15, -0.1) is 0 Å². The van der Waals surface area contributed by atoms with Crippen LogP contribution in [0, 0.1) is 5.82 Å². The number of carbonyl (C=O) groups excluding carboxylic acids is 1. The first-order valence-corrected chi connectivity index (χ1v) is 9.50. The predicted octanol–water partition coefficient (Wildman–Crippen LogP) is 3.77. The van der Waals surface area contributed by atoms with Crippen molar-refractivity contribution in [1.29, 1.82) is 0 Å². The molecule has 3 aliphatic heterocycles. The van der Waals surface area contributed by atoms with Crippen LogP contribution in [-0.4, -0.2) is 36.7 Å². The molecule has 6 heteroatoms. The molecule has 0 bridgehead atoms. The number of ether oxygens (including phenoxy) is 3. The number of fused-ring (bicyclic) bond motifs is 3. The first-order chi connectivity index (χ1) is 13.7. The third-order valence-corrected chi connectivity index (χ3v) is 5.31. The first-order valence-electron chi connectivity index (χ1n) is 9.50. The molecule has 2 aromatic carbocycles. The Morgan fingerprint density at radius 1 is 1.25 bits per heavy atom. The molecule has 28 heavy (non-hydrogen) atoms. The van der Waals surface area contributed by atoms with Crippen molar-refractivity contribution in [3.8, 4) is 11.5 Å². The summed E-state index contributed by atoms with van der Waals surface area (Å²) in [6.07, 6.45) is 3.96. The Morgan fingerprint density at radius 2 is 2.18 bits per heavy atom. The highest BCUT2D eigenvalue weighted by atomic mass is 19.1. The molecule has 144 valence electrons. The fourth-order valence-electron chi connectivity index (χ4n) is 3.95. The second kappa shape index (κ2) is 7.04. The van der Waals surface area contributed by atoms with Crippen molar-refractivity contribution < 1.29 is 23.4 Å². The van der Waals surface area contributed by atoms with E-state index in [0.29, 0.717) is 30.2 Å². The summed E-state index contributed by atoms with van der Waals surface area (Å²) in [7, 11) is 0. The van der Waals surface area contributed by atoms with Crippen molar-refractivity contribution in [1.82, 2.24) is 4.90 Å². The largest absolute Gasteiger partial charge is 0.478 e. The molecule has 0 unspecified atom stereocenters. The summed E-state index contributed by atoms with van der Waals surface area (Å²) >= 11 is 0. The van der Waals surface area contributed by atoms with E-state index in [1.165, 1.54) is 12.1 Å². The summed E-state index contributed by atoms with van der Waals surface area (Å²) < 4.78 is 31.0. The Kier molecular flexibility index (Phi) is 4.37. The highest BCUT2D eigenvalue weighted by Gasteiger charge is 2.34. The lowest BCUT2D eigenvalue weighted by molar-refractivity contribution is 0.0274. The van der Waals surface area contributed by atoms with Crippen LogP contribution in [-0.2, 0) is 11.3 Å². The molecule has 5 rings (SSSR count). The smallest absolute Gasteiger partial charge is 0.231 e. The number of ketones is 1. The molecule has 3 heterocycles. The fourth-order valence-corrected chi connectivity index (χ4v) is 3.95. The van der Waals surface area contributed by atoms with Gasteiger partial charge in [0.2, 0.25) is 5.78 Å². The Balaban J connectivity index is 1.42. The van der Waals surface area contributed by atoms with Crippen LogP contribution in [0.5, 0.6) is 11.5 Å². The average molecular weight is 381 g/mol. The molecule has 1 fully saturated rings. The zero-order chi connectivity index (χ0) is 19.1. The maximum Gasteiger partial charge on any atom is 0.231 e. The van der Waals surface area contributed by atoms with E-state index in [0.717, 1.165) is 37.3 Å². The Labute approximate surface area is 162 Å². The number of rotatable bonds is 3. The van der Waals surface area contributed by atoms with Gasteiger partial charge in [0.05, 0.1) is 17.2 Å². The summed E-state index contributed by atoms with van der Waals surface area (Å²) in [5.74, 6) is 0.931. The van der Waals surface area contributed by atoms with Crippen molar-refractivity contribution in [2.24, 2.45) is 0 Å². The van der Waals surface area contributed by atoms with Gasteiger partial charge >= 0.3 is 0 Å². The third kappa shape index (κ3) is 3.19. The molecule has 1 saturated heterocycles. The van der Waals surface area contributed by atoms with E-state index in [1.807, 2.05) is 6.07 Å². The SMILES string of the molecule is O=C1C(=Cc2cccc(F)c2)Oc2c1ccc1c2CN(C[C@@H]2CCCO2)CO1. The summed E-state index contributed by atoms with van der Waals surface area (Å²) in [5.41, 5.74) is 1.97. The minimum absolute atomic E-state index is 0.196. The molecule has 0 radical (unpaired) electrons. The van der Waals surface area contributed by atoms with E-state index in [9.17, 15) is 9.18 Å². The van der Waals surface area contributed by atoms with E-state index in [1.54, 1.807) is 24.3 Å². The van der Waals surface area contributed by atoms with Crippen molar-refractivity contribution in [3.05, 3.63) is 64.7 Å². The number of halogens is 1. The number of allylic oxidation sites excluding steroid dienone is 1. The highest BCUT2D eigenvalue weighted by Crippen LogP contribution is 2.42. The highest BCUT2D eigenvalue weighted by molar-refractivity contribution is 6.15. The Bertz CT molecular complexity index is 965. The number of carbonyl (C=O) groups is 1. The van der Waals surface area contributed by atoms with Crippen molar-refractivity contribution >= 4 is 11.9 Å². The predicted molar refractivity (Wildman–Crippen MR) is 101 cm³/mol. The van der Waals surface area contributed by atoms with E-state index in [-0.39, 0.29) is 23.5 Å². The minimum atomic E-state index is -0.354. The van der Waals surface area contributed by atoms with Gasteiger partial charge in [0, 0.05) is 19.7 Å². The summed E-state index contributed by atoms with van der Waals surface area (Å²) in [5, 5.41) is 0. The zero-order valence-corrected chi connectivity index (χ0v) is 15.3. The maximum absolute atomic E-state index is 13.4. The topological polar surface area (TPSA) is 48.0 Å². The number of hydrogen-bond acceptors (Lipinski definition) is 5. The minimum Gasteiger partial charge on any atom is -0.478 e. The van der Waals surface area contributed by atoms with Gasteiger partial charge in [-0.1, -0.05) is 12.1 Å². The summed E-state index contributed by atoms with van der Waals surface area (Å²) in [6.45, 7) is 2.74. The monoisotopic (exact) mass is 381 g/mol. The third-order valence-electron chi connectivity index (χ3n) is 5.31. The van der Waals surface area contributed by atoms with Gasteiger partial charge in [0.25, 0.3) is 0 Å². The van der Waals surface area contributed by atoms with Crippen LogP contribution in [0.4, 0.5) is 4.39 Å². The van der Waals surface area contributed by atoms with Crippen molar-refractivity contribution in [2.45, 2.75) is 25.5 Å². The first kappa shape index (κ1) is 17.4. The molecule has 0 aliphatic carbocycles. The summed E-state index contributed by atoms with van der Waals surface area (Å²) in [4.78, 5) is 14.9. The lowest BCUT2D eigenvalue weighted by Crippen LogP contribution is -2.37. The normalized spacial score (nSPS) is 22.7. The maximum atomic E-state index is 13.4. The van der Waals surface area contributed by atoms with Crippen LogP contribution < -0.4 is 9.47 Å². The van der Waals surface area contributed by atoms with Crippen LogP contribution in [0.3, 0.4) is 0 Å².